The second kappa shape index (κ2) is 57.1. The number of carboxylic acids is 3. The van der Waals surface area contributed by atoms with E-state index in [9.17, 15) is 112 Å². The average Bonchev–Trinajstić information content (AvgIpc) is 0.854. The molecule has 16 amide bonds. The van der Waals surface area contributed by atoms with E-state index in [0.717, 1.165) is 42.2 Å². The number of guanidine groups is 3. The van der Waals surface area contributed by atoms with Crippen LogP contribution in [-0.2, 0) is 115 Å². The van der Waals surface area contributed by atoms with E-state index in [4.69, 9.17) is 39.2 Å². The number of hydrogen-bond donors (Lipinski definition) is 32. The number of aliphatic hydroxyl groups is 2. The van der Waals surface area contributed by atoms with E-state index in [2.05, 4.69) is 101 Å². The minimum atomic E-state index is -2.18. The van der Waals surface area contributed by atoms with Crippen LogP contribution in [0.4, 0.5) is 0 Å². The molecule has 0 aromatic heterocycles. The molecule has 0 spiro atoms. The van der Waals surface area contributed by atoms with Gasteiger partial charge < -0.3 is 155 Å². The van der Waals surface area contributed by atoms with Gasteiger partial charge in [-0.15, -0.1) is 0 Å². The fourth-order valence-corrected chi connectivity index (χ4v) is 15.3. The highest BCUT2D eigenvalue weighted by Crippen LogP contribution is 2.25. The minimum Gasteiger partial charge on any atom is -0.508 e. The number of phenols is 1. The van der Waals surface area contributed by atoms with Gasteiger partial charge in [-0.25, -0.2) is 0 Å². The Morgan fingerprint density at radius 3 is 1.37 bits per heavy atom. The first-order chi connectivity index (χ1) is 61.9. The first-order valence-electron chi connectivity index (χ1n) is 41.1. The zero-order valence-corrected chi connectivity index (χ0v) is 74.6. The molecule has 51 nitrogen and oxygen atoms in total. The summed E-state index contributed by atoms with van der Waals surface area (Å²) in [7, 11) is 0. The van der Waals surface area contributed by atoms with Crippen molar-refractivity contribution in [2.24, 2.45) is 28.9 Å². The largest absolute Gasteiger partial charge is 0.508 e. The van der Waals surface area contributed by atoms with Crippen molar-refractivity contribution >= 4 is 166 Å². The lowest BCUT2D eigenvalue weighted by molar-refractivity contribution is -0.142. The number of nitrogens with one attached hydrogen (secondary N) is 22. The van der Waals surface area contributed by atoms with Crippen LogP contribution in [0.1, 0.15) is 108 Å². The average molecular weight is 1900 g/mol. The Kier molecular flexibility index (Phi) is 48.0. The first kappa shape index (κ1) is 110. The predicted molar refractivity (Wildman–Crippen MR) is 473 cm³/mol. The number of fused-ring (bicyclic) bond motifs is 5. The molecule has 2 aliphatic heterocycles. The lowest BCUT2D eigenvalue weighted by Crippen LogP contribution is -2.62. The molecule has 0 radical (unpaired) electrons. The molecule has 14 atom stereocenters. The van der Waals surface area contributed by atoms with Gasteiger partial charge in [0, 0.05) is 67.0 Å². The first-order valence-corrected chi connectivity index (χ1v) is 44.6. The highest BCUT2D eigenvalue weighted by Gasteiger charge is 2.39. The van der Waals surface area contributed by atoms with Crippen molar-refractivity contribution in [3.63, 3.8) is 0 Å². The van der Waals surface area contributed by atoms with Crippen LogP contribution in [0.25, 0.3) is 0 Å². The molecule has 724 valence electrons. The molecule has 131 heavy (non-hydrogen) atoms. The van der Waals surface area contributed by atoms with Gasteiger partial charge in [0.2, 0.25) is 94.5 Å². The van der Waals surface area contributed by atoms with Crippen LogP contribution in [-0.4, -0.2) is 315 Å². The van der Waals surface area contributed by atoms with Gasteiger partial charge in [-0.1, -0.05) is 44.2 Å². The Balaban J connectivity index is 2.07. The second-order valence-electron chi connectivity index (χ2n) is 30.5. The number of aromatic hydroxyl groups is 1. The number of amides is 16. The number of thioether (sulfide) groups is 3. The Morgan fingerprint density at radius 2 is 0.878 bits per heavy atom. The van der Waals surface area contributed by atoms with Gasteiger partial charge in [0.15, 0.2) is 17.9 Å². The number of benzene rings is 2. The van der Waals surface area contributed by atoms with Crippen LogP contribution in [0.15, 0.2) is 42.5 Å². The summed E-state index contributed by atoms with van der Waals surface area (Å²) in [5, 5.41) is 130. The van der Waals surface area contributed by atoms with Crippen molar-refractivity contribution in [2.45, 2.75) is 194 Å². The molecule has 0 saturated carbocycles. The summed E-state index contributed by atoms with van der Waals surface area (Å²) < 4.78 is 0. The third-order valence-corrected chi connectivity index (χ3v) is 22.5. The molecule has 0 saturated heterocycles. The monoisotopic (exact) mass is 1900 g/mol. The highest BCUT2D eigenvalue weighted by atomic mass is 32.2. The number of hydrogen-bond acceptors (Lipinski definition) is 29. The Hall–Kier alpha value is -13.1. The van der Waals surface area contributed by atoms with E-state index in [-0.39, 0.29) is 98.2 Å². The molecule has 0 unspecified atom stereocenters. The lowest BCUT2D eigenvalue weighted by Gasteiger charge is -2.29. The van der Waals surface area contributed by atoms with Crippen molar-refractivity contribution in [1.82, 2.24) is 101 Å². The molecule has 2 aliphatic rings. The molecule has 4 rings (SSSR count). The molecule has 36 N–H and O–H groups in total. The summed E-state index contributed by atoms with van der Waals surface area (Å²) in [4.78, 5) is 266. The zero-order chi connectivity index (χ0) is 97.7. The fourth-order valence-electron chi connectivity index (χ4n) is 12.3. The van der Waals surface area contributed by atoms with Crippen LogP contribution in [0.5, 0.6) is 5.75 Å². The maximum absolute atomic E-state index is 15.2. The number of rotatable bonds is 27. The summed E-state index contributed by atoms with van der Waals surface area (Å²) in [5.41, 5.74) is 23.9. The SMILES string of the molecule is CC(C)[C@@H]1NC(=O)[C@H](CCC(=O)O)NC(=O)[C@H](Cc2ccc(O)cc2)NC(=O)[C@H](CCCNC(=N)N)NC(=O)[C@H](CO)NC(=O)[C@@H](NC(=O)[C@H](C)N)CSCc2cc3cc(c2)CSC[C@H](NC(=O)[C@H](CC(=O)O)NC1=O)C(=O)N[C@@H](CCCNC(=N)N)C(=O)NCC(=O)N[C@@H](CCCNC(=N)N)C(=O)NCC(=O)N[C@@H](CO)C(=O)N[C@@H](C)C(=O)N[C@H](C(=O)NCC(=O)O)CSC3. The van der Waals surface area contributed by atoms with E-state index in [1.165, 1.54) is 45.0 Å². The number of phenolic OH excluding ortho intramolecular Hbond substituents is 1. The number of aliphatic carboxylic acids is 3. The van der Waals surface area contributed by atoms with Crippen molar-refractivity contribution in [1.29, 1.82) is 16.2 Å². The van der Waals surface area contributed by atoms with E-state index >= 15 is 9.59 Å². The molecule has 4 bridgehead atoms. The molecular weight excluding hydrogens is 1790 g/mol. The van der Waals surface area contributed by atoms with Gasteiger partial charge >= 0.3 is 17.9 Å². The van der Waals surface area contributed by atoms with Crippen LogP contribution in [0.3, 0.4) is 0 Å². The van der Waals surface area contributed by atoms with Crippen molar-refractivity contribution in [2.75, 3.05) is 69.7 Å². The second-order valence-corrected chi connectivity index (χ2v) is 33.6. The molecular formula is C77H118N26O25S3. The molecule has 0 aliphatic carbocycles. The number of carbonyl (C=O) groups is 19. The Morgan fingerprint density at radius 1 is 0.458 bits per heavy atom. The van der Waals surface area contributed by atoms with Crippen LogP contribution >= 0.6 is 35.3 Å². The van der Waals surface area contributed by atoms with Gasteiger partial charge in [-0.2, -0.15) is 35.3 Å². The number of carbonyl (C=O) groups excluding carboxylic acids is 16. The molecule has 0 fully saturated rings. The zero-order valence-electron chi connectivity index (χ0n) is 72.1. The quantitative estimate of drug-likeness (QED) is 0.0224. The van der Waals surface area contributed by atoms with Crippen molar-refractivity contribution in [3.05, 3.63) is 64.7 Å². The third-order valence-electron chi connectivity index (χ3n) is 19.2. The summed E-state index contributed by atoms with van der Waals surface area (Å²) >= 11 is 2.88. The molecule has 2 aromatic carbocycles. The van der Waals surface area contributed by atoms with E-state index in [0.29, 0.717) is 16.7 Å². The number of carboxylic acid groups (broad SMARTS) is 3. The van der Waals surface area contributed by atoms with Crippen LogP contribution in [0.2, 0.25) is 0 Å². The van der Waals surface area contributed by atoms with Crippen LogP contribution in [0, 0.1) is 22.1 Å². The standard InChI is InChI=1S/C77H118N26O25S3/c1-36(2)60-74(128)98-49(24-58(111)112)69(123)102-54-35-131-32-42-21-40(30-129-33-52(65(119)90-27-59(113)114)101-62(116)38(4)91-70(124)50(28-104)93-56(108)26-88-63(117)44(8-5-17-85-75(79)80)92-55(107)25-89-64(118)45(94-72(54)126)9-6-18-86-76(81)82)20-41(22-42)31-130-34-53(100-61(115)37(3)78)73(127)99-51(29-105)71(125)95-46(10-7-19-87-77(83)84)66(120)97-48(23-39-11-13-43(106)14-12-39)68(122)96-47(67(121)103-60)15-16-57(109)110/h11-14,20-22,36-38,44-54,60,104-106H,5-10,15-19,23-35,78H2,1-4H3,(H,88,117)(H,89,118)(H,90,119)(H,91,124)(H,92,107)(H,93,108)(H,94,126)(H,95,125)(H,96,122)(H,97,120)(H,98,128)(H,99,127)(H,100,115)(H,101,116)(H,102,123)(H,103,121)(H,109,110)(H,111,112)(H,113,114)(H4,79,80,85)(H4,81,82,86)(H4,83,84,87)/t37-,38-,44-,45-,46-,47-,48-,49-,50-,51-,52-,53-,54-,60-/m0/s1. The Bertz CT molecular complexity index is 4400. The normalized spacial score (nSPS) is 23.5. The topological polar surface area (TPSA) is 850 Å². The maximum Gasteiger partial charge on any atom is 0.322 e. The van der Waals surface area contributed by atoms with E-state index in [1.54, 1.807) is 18.2 Å². The summed E-state index contributed by atoms with van der Waals surface area (Å²) in [6, 6.07) is -14.3. The maximum atomic E-state index is 15.2. The number of aliphatic hydroxyl groups excluding tert-OH is 2. The van der Waals surface area contributed by atoms with Crippen LogP contribution < -0.4 is 124 Å². The van der Waals surface area contributed by atoms with Gasteiger partial charge in [0.1, 0.15) is 90.8 Å². The van der Waals surface area contributed by atoms with Gasteiger partial charge in [-0.05, 0) is 99.1 Å². The summed E-state index contributed by atoms with van der Waals surface area (Å²) in [6.07, 6.45) is -4.39. The fraction of sp³-hybridized carbons (Fsp3) is 0.558. The molecule has 2 heterocycles. The Labute approximate surface area is 763 Å². The van der Waals surface area contributed by atoms with E-state index < -0.39 is 285 Å². The number of nitrogens with two attached hydrogens (primary N) is 4. The summed E-state index contributed by atoms with van der Waals surface area (Å²) in [5.74, 6) is -27.3. The molecule has 2 aromatic rings. The highest BCUT2D eigenvalue weighted by molar-refractivity contribution is 7.99. The predicted octanol–water partition coefficient (Wildman–Crippen LogP) is -10.8. The van der Waals surface area contributed by atoms with Gasteiger partial charge in [0.05, 0.1) is 38.8 Å². The van der Waals surface area contributed by atoms with E-state index in [1.807, 2.05) is 0 Å². The minimum absolute atomic E-state index is 0.0109. The smallest absolute Gasteiger partial charge is 0.322 e. The lowest BCUT2D eigenvalue weighted by atomic mass is 10.0. The molecule has 54 heteroatoms. The van der Waals surface area contributed by atoms with Gasteiger partial charge in [0.25, 0.3) is 0 Å². The third kappa shape index (κ3) is 41.9. The summed E-state index contributed by atoms with van der Waals surface area (Å²) in [6.45, 7) is -0.112. The van der Waals surface area contributed by atoms with Crippen molar-refractivity contribution < 1.29 is 122 Å². The van der Waals surface area contributed by atoms with Crippen molar-refractivity contribution in [3.8, 4) is 5.75 Å². The van der Waals surface area contributed by atoms with Gasteiger partial charge in [-0.3, -0.25) is 107 Å².